The van der Waals surface area contributed by atoms with Crippen molar-refractivity contribution in [2.24, 2.45) is 0 Å². The van der Waals surface area contributed by atoms with Crippen LogP contribution in [0.25, 0.3) is 0 Å². The number of aliphatic hydroxyl groups is 1. The minimum atomic E-state index is -3.80. The van der Waals surface area contributed by atoms with Crippen LogP contribution >= 0.6 is 24.0 Å². The molecule has 262 valence electrons. The fraction of sp³-hybridized carbons (Fsp3) is 0.472. The number of sulfonamides is 1. The molecule has 0 spiro atoms. The van der Waals surface area contributed by atoms with E-state index < -0.39 is 21.7 Å². The van der Waals surface area contributed by atoms with Crippen molar-refractivity contribution in [2.45, 2.75) is 94.4 Å². The molecule has 2 amide bonds. The van der Waals surface area contributed by atoms with Gasteiger partial charge in [0.05, 0.1) is 17.0 Å². The summed E-state index contributed by atoms with van der Waals surface area (Å²) in [7, 11) is -3.80. The number of urea groups is 1. The average molecular weight is 720 g/mol. The van der Waals surface area contributed by atoms with E-state index in [2.05, 4.69) is 22.3 Å². The molecular weight excluding hydrogens is 671 g/mol. The molecule has 3 aromatic rings. The third-order valence-corrected chi connectivity index (χ3v) is 10.7. The van der Waals surface area contributed by atoms with Crippen molar-refractivity contribution in [3.63, 3.8) is 0 Å². The number of hydrogen-bond donors (Lipinski definition) is 4. The summed E-state index contributed by atoms with van der Waals surface area (Å²) in [5.41, 5.74) is 2.48. The van der Waals surface area contributed by atoms with Crippen LogP contribution in [0.5, 0.6) is 5.75 Å². The first-order valence-corrected chi connectivity index (χ1v) is 18.5. The van der Waals surface area contributed by atoms with Crippen LogP contribution in [0.3, 0.4) is 0 Å². The molecule has 0 radical (unpaired) electrons. The number of halogens is 2. The summed E-state index contributed by atoms with van der Waals surface area (Å²) in [6.07, 6.45) is 6.83. The lowest BCUT2D eigenvalue weighted by Gasteiger charge is -2.42. The van der Waals surface area contributed by atoms with Crippen LogP contribution < -0.4 is 20.1 Å². The van der Waals surface area contributed by atoms with Gasteiger partial charge in [-0.3, -0.25) is 4.72 Å². The number of nitrogens with one attached hydrogen (secondary N) is 3. The van der Waals surface area contributed by atoms with E-state index in [9.17, 15) is 18.3 Å². The highest BCUT2D eigenvalue weighted by Crippen LogP contribution is 2.41. The number of fused-ring (bicyclic) bond motifs is 1. The zero-order valence-corrected chi connectivity index (χ0v) is 30.3. The van der Waals surface area contributed by atoms with E-state index >= 15 is 0 Å². The summed E-state index contributed by atoms with van der Waals surface area (Å²) in [5, 5.41) is 18.0. The Labute approximate surface area is 296 Å². The van der Waals surface area contributed by atoms with E-state index in [0.717, 1.165) is 29.5 Å². The normalized spacial score (nSPS) is 20.0. The molecule has 0 aliphatic carbocycles. The van der Waals surface area contributed by atoms with Gasteiger partial charge in [0.15, 0.2) is 0 Å². The smallest absolute Gasteiger partial charge is 0.318 e. The van der Waals surface area contributed by atoms with Gasteiger partial charge >= 0.3 is 6.03 Å². The van der Waals surface area contributed by atoms with Crippen LogP contribution in [-0.2, 0) is 16.4 Å². The molecule has 2 aliphatic heterocycles. The molecule has 0 bridgehead atoms. The van der Waals surface area contributed by atoms with E-state index in [1.54, 1.807) is 48.5 Å². The van der Waals surface area contributed by atoms with Crippen molar-refractivity contribution in [3.8, 4) is 5.75 Å². The van der Waals surface area contributed by atoms with Crippen molar-refractivity contribution >= 4 is 45.7 Å². The van der Waals surface area contributed by atoms with Gasteiger partial charge in [-0.2, -0.15) is 0 Å². The molecule has 3 atom stereocenters. The molecule has 0 aromatic heterocycles. The third-order valence-electron chi connectivity index (χ3n) is 9.11. The molecule has 3 aromatic carbocycles. The summed E-state index contributed by atoms with van der Waals surface area (Å²) < 4.78 is 35.1. The minimum absolute atomic E-state index is 0. The number of unbranched alkanes of at least 4 members (excludes halogenated alkanes) is 5. The Morgan fingerprint density at radius 3 is 2.40 bits per heavy atom. The predicted molar refractivity (Wildman–Crippen MR) is 194 cm³/mol. The minimum Gasteiger partial charge on any atom is -0.485 e. The lowest BCUT2D eigenvalue weighted by Crippen LogP contribution is -2.52. The van der Waals surface area contributed by atoms with Crippen molar-refractivity contribution in [1.82, 2.24) is 15.5 Å². The lowest BCUT2D eigenvalue weighted by molar-refractivity contribution is -0.0643. The molecule has 9 nitrogen and oxygen atoms in total. The lowest BCUT2D eigenvalue weighted by atomic mass is 9.86. The number of aliphatic hydroxyl groups excluding tert-OH is 1. The molecule has 2 aliphatic rings. The Hall–Kier alpha value is -3.02. The SMILES string of the molecule is CCCCCCCCN1C(=O)NCC1c1ccc(S(=O)(=O)Nc2ccc(CCNC3c4ccc(Cl)cc4OC(C)(C)C3O)cc2)cc1.Cl. The standard InChI is InChI=1S/C36H47ClN4O5S.ClH/c1-4-5-6-7-8-9-22-41-31(24-39-35(41)43)26-12-17-29(18-13-26)47(44,45)40-28-15-10-25(11-16-28)20-21-38-33-30-19-14-27(37)23-32(30)46-36(2,3)34(33)42;/h10-19,23,31,33-34,38,40,42H,4-9,20-22,24H2,1-3H3,(H,39,43);1H. The molecule has 48 heavy (non-hydrogen) atoms. The molecule has 12 heteroatoms. The van der Waals surface area contributed by atoms with Crippen LogP contribution in [0, 0.1) is 0 Å². The van der Waals surface area contributed by atoms with E-state index in [0.29, 0.717) is 42.5 Å². The van der Waals surface area contributed by atoms with Crippen molar-refractivity contribution in [1.29, 1.82) is 0 Å². The number of amides is 2. The molecule has 1 saturated heterocycles. The van der Waals surface area contributed by atoms with Gasteiger partial charge in [-0.15, -0.1) is 12.4 Å². The largest absolute Gasteiger partial charge is 0.485 e. The number of rotatable bonds is 15. The second-order valence-corrected chi connectivity index (χ2v) is 15.2. The molecule has 2 heterocycles. The summed E-state index contributed by atoms with van der Waals surface area (Å²) in [6, 6.07) is 19.0. The maximum atomic E-state index is 13.2. The number of anilines is 1. The highest BCUT2D eigenvalue weighted by atomic mass is 35.5. The van der Waals surface area contributed by atoms with Gasteiger partial charge in [0.2, 0.25) is 0 Å². The topological polar surface area (TPSA) is 120 Å². The highest BCUT2D eigenvalue weighted by molar-refractivity contribution is 7.92. The molecule has 3 unspecified atom stereocenters. The molecule has 0 saturated carbocycles. The van der Waals surface area contributed by atoms with Crippen molar-refractivity contribution in [2.75, 3.05) is 24.4 Å². The first-order chi connectivity index (χ1) is 22.5. The first-order valence-electron chi connectivity index (χ1n) is 16.6. The van der Waals surface area contributed by atoms with Crippen LogP contribution in [-0.4, -0.2) is 55.8 Å². The molecule has 1 fully saturated rings. The summed E-state index contributed by atoms with van der Waals surface area (Å²) in [6.45, 7) is 7.70. The number of ether oxygens (including phenoxy) is 1. The number of benzene rings is 3. The van der Waals surface area contributed by atoms with E-state index in [4.69, 9.17) is 16.3 Å². The fourth-order valence-corrected chi connectivity index (χ4v) is 7.56. The maximum Gasteiger partial charge on any atom is 0.318 e. The van der Waals surface area contributed by atoms with Gasteiger partial charge in [0.25, 0.3) is 10.0 Å². The second kappa shape index (κ2) is 16.6. The van der Waals surface area contributed by atoms with Crippen molar-refractivity contribution < 1.29 is 23.1 Å². The summed E-state index contributed by atoms with van der Waals surface area (Å²) in [5.74, 6) is 0.660. The maximum absolute atomic E-state index is 13.2. The first kappa shape index (κ1) is 37.8. The Morgan fingerprint density at radius 2 is 1.69 bits per heavy atom. The second-order valence-electron chi connectivity index (χ2n) is 13.0. The monoisotopic (exact) mass is 718 g/mol. The molecular formula is C36H48Cl2N4O5S. The van der Waals surface area contributed by atoms with Gasteiger partial charge in [-0.25, -0.2) is 13.2 Å². The molecule has 4 N–H and O–H groups in total. The Bertz CT molecular complexity index is 1620. The van der Waals surface area contributed by atoms with E-state index in [-0.39, 0.29) is 35.4 Å². The predicted octanol–water partition coefficient (Wildman–Crippen LogP) is 7.39. The van der Waals surface area contributed by atoms with Gasteiger partial charge in [0, 0.05) is 29.4 Å². The zero-order chi connectivity index (χ0) is 33.6. The van der Waals surface area contributed by atoms with Crippen LogP contribution in [0.2, 0.25) is 5.02 Å². The Morgan fingerprint density at radius 1 is 1.00 bits per heavy atom. The van der Waals surface area contributed by atoms with Gasteiger partial charge in [-0.1, -0.05) is 81.0 Å². The van der Waals surface area contributed by atoms with Gasteiger partial charge in [-0.05, 0) is 80.8 Å². The van der Waals surface area contributed by atoms with Crippen LogP contribution in [0.15, 0.2) is 71.6 Å². The number of hydrogen-bond acceptors (Lipinski definition) is 6. The van der Waals surface area contributed by atoms with Crippen LogP contribution in [0.4, 0.5) is 10.5 Å². The zero-order valence-electron chi connectivity index (χ0n) is 27.9. The summed E-state index contributed by atoms with van der Waals surface area (Å²) >= 11 is 6.17. The number of carbonyl (C=O) groups is 1. The van der Waals surface area contributed by atoms with Gasteiger partial charge < -0.3 is 25.4 Å². The Balaban J connectivity index is 0.00000520. The van der Waals surface area contributed by atoms with E-state index in [1.807, 2.05) is 36.9 Å². The number of carbonyl (C=O) groups excluding carboxylic acids is 1. The fourth-order valence-electron chi connectivity index (χ4n) is 6.34. The van der Waals surface area contributed by atoms with Crippen molar-refractivity contribution in [3.05, 3.63) is 88.4 Å². The highest BCUT2D eigenvalue weighted by Gasteiger charge is 2.42. The summed E-state index contributed by atoms with van der Waals surface area (Å²) in [4.78, 5) is 14.5. The Kier molecular flexibility index (Phi) is 13.1. The van der Waals surface area contributed by atoms with E-state index in [1.165, 1.54) is 25.7 Å². The molecule has 5 rings (SSSR count). The van der Waals surface area contributed by atoms with Crippen LogP contribution in [0.1, 0.15) is 88.1 Å². The quantitative estimate of drug-likeness (QED) is 0.122. The average Bonchev–Trinajstić information content (AvgIpc) is 3.41. The number of nitrogens with zero attached hydrogens (tertiary/aromatic N) is 1. The third kappa shape index (κ3) is 9.15. The van der Waals surface area contributed by atoms with Gasteiger partial charge in [0.1, 0.15) is 17.5 Å².